The second-order valence-electron chi connectivity index (χ2n) is 4.11. The van der Waals surface area contributed by atoms with Gasteiger partial charge in [-0.3, -0.25) is 0 Å². The second-order valence-corrected chi connectivity index (χ2v) is 8.45. The molecule has 1 aromatic rings. The van der Waals surface area contributed by atoms with Crippen molar-refractivity contribution in [1.82, 2.24) is 9.71 Å². The van der Waals surface area contributed by atoms with E-state index in [1.54, 1.807) is 0 Å². The molecule has 1 aliphatic heterocycles. The van der Waals surface area contributed by atoms with E-state index in [1.165, 1.54) is 6.07 Å². The predicted octanol–water partition coefficient (Wildman–Crippen LogP) is -0.0966. The van der Waals surface area contributed by atoms with Crippen molar-refractivity contribution in [3.8, 4) is 0 Å². The standard InChI is InChI=1S/C9H10ClFN2O4S2/c10-6-4-18(14,15)5-8(6)13-19(16,17)9-7(11)2-1-3-12-9/h1-3,6,8,13H,4-5H2. The molecule has 2 atom stereocenters. The topological polar surface area (TPSA) is 93.2 Å². The molecule has 1 aliphatic rings. The lowest BCUT2D eigenvalue weighted by Crippen LogP contribution is -2.41. The van der Waals surface area contributed by atoms with Crippen molar-refractivity contribution < 1.29 is 21.2 Å². The molecular formula is C9H10ClFN2O4S2. The van der Waals surface area contributed by atoms with E-state index in [9.17, 15) is 21.2 Å². The summed E-state index contributed by atoms with van der Waals surface area (Å²) in [6.45, 7) is 0. The zero-order valence-corrected chi connectivity index (χ0v) is 11.8. The van der Waals surface area contributed by atoms with Crippen LogP contribution in [0.3, 0.4) is 0 Å². The molecule has 2 heterocycles. The number of hydrogen-bond donors (Lipinski definition) is 1. The van der Waals surface area contributed by atoms with Gasteiger partial charge in [0, 0.05) is 6.20 Å². The first-order valence-corrected chi connectivity index (χ1v) is 8.93. The normalized spacial score (nSPS) is 26.4. The number of nitrogens with one attached hydrogen (secondary N) is 1. The number of aromatic nitrogens is 1. The van der Waals surface area contributed by atoms with Gasteiger partial charge in [0.15, 0.2) is 15.7 Å². The van der Waals surface area contributed by atoms with Gasteiger partial charge in [0.25, 0.3) is 10.0 Å². The lowest BCUT2D eigenvalue weighted by Gasteiger charge is -2.14. The van der Waals surface area contributed by atoms with Crippen molar-refractivity contribution in [2.24, 2.45) is 0 Å². The first-order chi connectivity index (χ1) is 8.71. The molecule has 1 aromatic heterocycles. The first-order valence-electron chi connectivity index (χ1n) is 5.19. The number of rotatable bonds is 3. The fourth-order valence-electron chi connectivity index (χ4n) is 1.74. The average molecular weight is 329 g/mol. The Morgan fingerprint density at radius 3 is 2.63 bits per heavy atom. The Balaban J connectivity index is 2.27. The van der Waals surface area contributed by atoms with Crippen LogP contribution < -0.4 is 4.72 Å². The van der Waals surface area contributed by atoms with Gasteiger partial charge < -0.3 is 0 Å². The van der Waals surface area contributed by atoms with E-state index >= 15 is 0 Å². The Hall–Kier alpha value is -0.770. The summed E-state index contributed by atoms with van der Waals surface area (Å²) in [5, 5.41) is -1.66. The van der Waals surface area contributed by atoms with Crippen LogP contribution in [0.25, 0.3) is 0 Å². The van der Waals surface area contributed by atoms with Crippen LogP contribution in [0, 0.1) is 5.82 Å². The molecule has 0 bridgehead atoms. The fourth-order valence-corrected chi connectivity index (χ4v) is 5.75. The monoisotopic (exact) mass is 328 g/mol. The second kappa shape index (κ2) is 4.97. The highest BCUT2D eigenvalue weighted by molar-refractivity contribution is 7.92. The third-order valence-corrected chi connectivity index (χ3v) is 6.37. The predicted molar refractivity (Wildman–Crippen MR) is 66.6 cm³/mol. The van der Waals surface area contributed by atoms with Crippen LogP contribution in [0.1, 0.15) is 0 Å². The van der Waals surface area contributed by atoms with Crippen LogP contribution in [-0.4, -0.2) is 44.7 Å². The Labute approximate surface area is 115 Å². The summed E-state index contributed by atoms with van der Waals surface area (Å²) in [7, 11) is -7.62. The molecule has 0 amide bonds. The van der Waals surface area contributed by atoms with Gasteiger partial charge in [0.05, 0.1) is 22.9 Å². The summed E-state index contributed by atoms with van der Waals surface area (Å²) >= 11 is 5.78. The number of pyridine rings is 1. The van der Waals surface area contributed by atoms with Crippen molar-refractivity contribution >= 4 is 31.5 Å². The van der Waals surface area contributed by atoms with Gasteiger partial charge in [-0.2, -0.15) is 0 Å². The lowest BCUT2D eigenvalue weighted by atomic mass is 10.3. The molecule has 6 nitrogen and oxygen atoms in total. The quantitative estimate of drug-likeness (QED) is 0.782. The van der Waals surface area contributed by atoms with E-state index in [4.69, 9.17) is 11.6 Å². The summed E-state index contributed by atoms with van der Waals surface area (Å²) in [5.74, 6) is -1.73. The average Bonchev–Trinajstić information content (AvgIpc) is 2.51. The third-order valence-electron chi connectivity index (χ3n) is 2.57. The van der Waals surface area contributed by atoms with Crippen molar-refractivity contribution in [2.75, 3.05) is 11.5 Å². The van der Waals surface area contributed by atoms with Gasteiger partial charge in [0.1, 0.15) is 0 Å². The van der Waals surface area contributed by atoms with Crippen molar-refractivity contribution in [2.45, 2.75) is 16.4 Å². The largest absolute Gasteiger partial charge is 0.261 e. The molecule has 2 rings (SSSR count). The zero-order chi connectivity index (χ0) is 14.3. The molecule has 0 saturated carbocycles. The summed E-state index contributed by atoms with van der Waals surface area (Å²) in [6.07, 6.45) is 1.13. The molecule has 0 aliphatic carbocycles. The minimum atomic E-state index is -4.24. The van der Waals surface area contributed by atoms with Crippen molar-refractivity contribution in [3.63, 3.8) is 0 Å². The number of halogens is 2. The maximum absolute atomic E-state index is 13.4. The number of alkyl halides is 1. The number of hydrogen-bond acceptors (Lipinski definition) is 5. The Morgan fingerprint density at radius 1 is 1.42 bits per heavy atom. The third kappa shape index (κ3) is 3.22. The lowest BCUT2D eigenvalue weighted by molar-refractivity contribution is 0.534. The van der Waals surface area contributed by atoms with Gasteiger partial charge in [0.2, 0.25) is 5.03 Å². The van der Waals surface area contributed by atoms with Gasteiger partial charge in [-0.05, 0) is 12.1 Å². The summed E-state index contributed by atoms with van der Waals surface area (Å²) in [6, 6.07) is 1.21. The van der Waals surface area contributed by atoms with E-state index in [0.29, 0.717) is 0 Å². The van der Waals surface area contributed by atoms with E-state index in [-0.39, 0.29) is 5.75 Å². The summed E-state index contributed by atoms with van der Waals surface area (Å²) in [4.78, 5) is 3.44. The highest BCUT2D eigenvalue weighted by Gasteiger charge is 2.39. The molecule has 2 unspecified atom stereocenters. The zero-order valence-electron chi connectivity index (χ0n) is 9.45. The molecule has 106 valence electrons. The van der Waals surface area contributed by atoms with Crippen LogP contribution in [0.15, 0.2) is 23.4 Å². The molecule has 0 aromatic carbocycles. The molecule has 1 N–H and O–H groups in total. The maximum atomic E-state index is 13.4. The highest BCUT2D eigenvalue weighted by Crippen LogP contribution is 2.20. The molecule has 10 heteroatoms. The Morgan fingerprint density at radius 2 is 2.11 bits per heavy atom. The number of sulfone groups is 1. The van der Waals surface area contributed by atoms with Gasteiger partial charge in [-0.1, -0.05) is 0 Å². The van der Waals surface area contributed by atoms with Crippen LogP contribution in [0.2, 0.25) is 0 Å². The molecule has 0 radical (unpaired) electrons. The first kappa shape index (κ1) is 14.6. The smallest absolute Gasteiger partial charge is 0.241 e. The van der Waals surface area contributed by atoms with Crippen molar-refractivity contribution in [1.29, 1.82) is 0 Å². The van der Waals surface area contributed by atoms with Crippen LogP contribution in [-0.2, 0) is 19.9 Å². The molecule has 1 fully saturated rings. The SMILES string of the molecule is O=S1(=O)CC(Cl)C(NS(=O)(=O)c2ncccc2F)C1. The van der Waals surface area contributed by atoms with Gasteiger partial charge in [-0.25, -0.2) is 30.9 Å². The number of nitrogens with zero attached hydrogens (tertiary/aromatic N) is 1. The van der Waals surface area contributed by atoms with E-state index in [0.717, 1.165) is 12.3 Å². The Bertz CT molecular complexity index is 692. The minimum absolute atomic E-state index is 0.313. The van der Waals surface area contributed by atoms with Crippen LogP contribution >= 0.6 is 11.6 Å². The van der Waals surface area contributed by atoms with Crippen LogP contribution in [0.5, 0.6) is 0 Å². The van der Waals surface area contributed by atoms with Gasteiger partial charge >= 0.3 is 0 Å². The molecular weight excluding hydrogens is 319 g/mol. The molecule has 1 saturated heterocycles. The van der Waals surface area contributed by atoms with E-state index < -0.39 is 47.9 Å². The van der Waals surface area contributed by atoms with Gasteiger partial charge in [-0.15, -0.1) is 11.6 Å². The van der Waals surface area contributed by atoms with Crippen molar-refractivity contribution in [3.05, 3.63) is 24.1 Å². The maximum Gasteiger partial charge on any atom is 0.261 e. The summed E-state index contributed by atoms with van der Waals surface area (Å²) in [5.41, 5.74) is 0. The minimum Gasteiger partial charge on any atom is -0.241 e. The summed E-state index contributed by atoms with van der Waals surface area (Å²) < 4.78 is 61.9. The fraction of sp³-hybridized carbons (Fsp3) is 0.444. The van der Waals surface area contributed by atoms with E-state index in [1.807, 2.05) is 0 Å². The Kier molecular flexibility index (Phi) is 3.83. The van der Waals surface area contributed by atoms with Crippen LogP contribution in [0.4, 0.5) is 4.39 Å². The number of sulfonamides is 1. The molecule has 0 spiro atoms. The molecule has 19 heavy (non-hydrogen) atoms. The highest BCUT2D eigenvalue weighted by atomic mass is 35.5. The van der Waals surface area contributed by atoms with E-state index in [2.05, 4.69) is 9.71 Å².